The molecule has 1 heterocycles. The molecule has 1 aromatic rings. The van der Waals surface area contributed by atoms with E-state index >= 15 is 0 Å². The highest BCUT2D eigenvalue weighted by molar-refractivity contribution is 7.90. The molecule has 94 valence electrons. The third-order valence-corrected chi connectivity index (χ3v) is 3.93. The summed E-state index contributed by atoms with van der Waals surface area (Å²) in [6, 6.07) is 6.60. The molecule has 1 atom stereocenters. The molecule has 1 aromatic carbocycles. The van der Waals surface area contributed by atoms with Gasteiger partial charge in [-0.3, -0.25) is 0 Å². The Labute approximate surface area is 102 Å². The van der Waals surface area contributed by atoms with Crippen LogP contribution >= 0.6 is 0 Å². The van der Waals surface area contributed by atoms with Crippen molar-refractivity contribution in [2.24, 2.45) is 0 Å². The van der Waals surface area contributed by atoms with Gasteiger partial charge in [0.1, 0.15) is 11.9 Å². The Bertz CT molecular complexity index is 461. The lowest BCUT2D eigenvalue weighted by Gasteiger charge is -2.23. The van der Waals surface area contributed by atoms with Gasteiger partial charge in [0, 0.05) is 12.8 Å². The Morgan fingerprint density at radius 1 is 1.29 bits per heavy atom. The highest BCUT2D eigenvalue weighted by atomic mass is 32.2. The average Bonchev–Trinajstić information content (AvgIpc) is 2.30. The quantitative estimate of drug-likeness (QED) is 0.882. The summed E-state index contributed by atoms with van der Waals surface area (Å²) in [7, 11) is -3.12. The molecule has 1 fully saturated rings. The Kier molecular flexibility index (Phi) is 3.69. The van der Waals surface area contributed by atoms with E-state index in [2.05, 4.69) is 5.32 Å². The van der Waals surface area contributed by atoms with Crippen LogP contribution in [0.1, 0.15) is 12.8 Å². The second-order valence-electron chi connectivity index (χ2n) is 4.33. The number of hydrogen-bond acceptors (Lipinski definition) is 4. The van der Waals surface area contributed by atoms with E-state index in [1.165, 1.54) is 6.26 Å². The van der Waals surface area contributed by atoms with Crippen molar-refractivity contribution in [3.63, 3.8) is 0 Å². The van der Waals surface area contributed by atoms with Gasteiger partial charge in [0.05, 0.1) is 4.90 Å². The van der Waals surface area contributed by atoms with Crippen LogP contribution in [0.25, 0.3) is 0 Å². The van der Waals surface area contributed by atoms with Gasteiger partial charge in [-0.2, -0.15) is 0 Å². The molecule has 2 rings (SSSR count). The zero-order chi connectivity index (χ0) is 12.3. The largest absolute Gasteiger partial charge is 0.489 e. The molecule has 4 nitrogen and oxygen atoms in total. The van der Waals surface area contributed by atoms with Crippen molar-refractivity contribution in [2.75, 3.05) is 19.3 Å². The molecule has 0 amide bonds. The molecule has 1 N–H and O–H groups in total. The summed E-state index contributed by atoms with van der Waals surface area (Å²) < 4.78 is 28.3. The second-order valence-corrected chi connectivity index (χ2v) is 6.35. The first-order chi connectivity index (χ1) is 8.05. The monoisotopic (exact) mass is 255 g/mol. The maximum atomic E-state index is 11.3. The SMILES string of the molecule is CS(=O)(=O)c1ccc(O[C@H]2CCCNC2)cc1. The van der Waals surface area contributed by atoms with Crippen LogP contribution < -0.4 is 10.1 Å². The summed E-state index contributed by atoms with van der Waals surface area (Å²) in [5.41, 5.74) is 0. The number of hydrogen-bond donors (Lipinski definition) is 1. The van der Waals surface area contributed by atoms with Crippen molar-refractivity contribution >= 4 is 9.84 Å². The molecule has 1 saturated heterocycles. The maximum Gasteiger partial charge on any atom is 0.175 e. The van der Waals surface area contributed by atoms with Gasteiger partial charge in [-0.15, -0.1) is 0 Å². The van der Waals surface area contributed by atoms with E-state index in [-0.39, 0.29) is 6.10 Å². The first kappa shape index (κ1) is 12.4. The molecule has 0 unspecified atom stereocenters. The summed E-state index contributed by atoms with van der Waals surface area (Å²) in [5.74, 6) is 0.728. The van der Waals surface area contributed by atoms with Gasteiger partial charge in [0.25, 0.3) is 0 Å². The molecule has 0 aromatic heterocycles. The van der Waals surface area contributed by atoms with Crippen LogP contribution in [0.15, 0.2) is 29.2 Å². The van der Waals surface area contributed by atoms with Crippen LogP contribution in [0, 0.1) is 0 Å². The minimum Gasteiger partial charge on any atom is -0.489 e. The van der Waals surface area contributed by atoms with Crippen molar-refractivity contribution in [1.82, 2.24) is 5.32 Å². The van der Waals surface area contributed by atoms with Crippen LogP contribution in [0.3, 0.4) is 0 Å². The number of benzene rings is 1. The fourth-order valence-corrected chi connectivity index (χ4v) is 2.51. The van der Waals surface area contributed by atoms with Crippen molar-refractivity contribution in [2.45, 2.75) is 23.8 Å². The highest BCUT2D eigenvalue weighted by Gasteiger charge is 2.14. The molecule has 17 heavy (non-hydrogen) atoms. The van der Waals surface area contributed by atoms with E-state index in [9.17, 15) is 8.42 Å². The van der Waals surface area contributed by atoms with Gasteiger partial charge in [0.2, 0.25) is 0 Å². The van der Waals surface area contributed by atoms with Gasteiger partial charge in [-0.1, -0.05) is 0 Å². The molecule has 0 spiro atoms. The minimum absolute atomic E-state index is 0.188. The average molecular weight is 255 g/mol. The van der Waals surface area contributed by atoms with Crippen LogP contribution in [0.4, 0.5) is 0 Å². The lowest BCUT2D eigenvalue weighted by atomic mass is 10.1. The standard InChI is InChI=1S/C12H17NO3S/c1-17(14,15)12-6-4-10(5-7-12)16-11-3-2-8-13-9-11/h4-7,11,13H,2-3,8-9H2,1H3/t11-/m0/s1. The number of sulfone groups is 1. The molecule has 0 radical (unpaired) electrons. The van der Waals surface area contributed by atoms with Gasteiger partial charge in [-0.05, 0) is 43.7 Å². The fourth-order valence-electron chi connectivity index (χ4n) is 1.88. The molecular weight excluding hydrogens is 238 g/mol. The second kappa shape index (κ2) is 5.06. The molecule has 5 heteroatoms. The van der Waals surface area contributed by atoms with E-state index in [1.54, 1.807) is 24.3 Å². The highest BCUT2D eigenvalue weighted by Crippen LogP contribution is 2.18. The minimum atomic E-state index is -3.12. The van der Waals surface area contributed by atoms with E-state index in [1.807, 2.05) is 0 Å². The van der Waals surface area contributed by atoms with Crippen molar-refractivity contribution in [3.8, 4) is 5.75 Å². The van der Waals surface area contributed by atoms with Crippen LogP contribution in [-0.4, -0.2) is 33.9 Å². The smallest absolute Gasteiger partial charge is 0.175 e. The van der Waals surface area contributed by atoms with Gasteiger partial charge >= 0.3 is 0 Å². The van der Waals surface area contributed by atoms with E-state index < -0.39 is 9.84 Å². The zero-order valence-electron chi connectivity index (χ0n) is 9.85. The number of rotatable bonds is 3. The molecule has 1 aliphatic rings. The lowest BCUT2D eigenvalue weighted by Crippen LogP contribution is -2.37. The summed E-state index contributed by atoms with van der Waals surface area (Å²) in [6.07, 6.45) is 3.55. The lowest BCUT2D eigenvalue weighted by molar-refractivity contribution is 0.167. The van der Waals surface area contributed by atoms with Crippen LogP contribution in [0.5, 0.6) is 5.75 Å². The normalized spacial score (nSPS) is 21.1. The summed E-state index contributed by atoms with van der Waals surface area (Å²) in [5, 5.41) is 3.27. The predicted octanol–water partition coefficient (Wildman–Crippen LogP) is 1.22. The molecule has 0 aliphatic carbocycles. The summed E-state index contributed by atoms with van der Waals surface area (Å²) >= 11 is 0. The molecular formula is C12H17NO3S. The third kappa shape index (κ3) is 3.44. The van der Waals surface area contributed by atoms with Crippen molar-refractivity contribution in [3.05, 3.63) is 24.3 Å². The summed E-state index contributed by atoms with van der Waals surface area (Å²) in [6.45, 7) is 1.90. The number of ether oxygens (including phenoxy) is 1. The maximum absolute atomic E-state index is 11.3. The zero-order valence-corrected chi connectivity index (χ0v) is 10.7. The summed E-state index contributed by atoms with van der Waals surface area (Å²) in [4.78, 5) is 0.326. The van der Waals surface area contributed by atoms with Gasteiger partial charge in [0.15, 0.2) is 9.84 Å². The topological polar surface area (TPSA) is 55.4 Å². The van der Waals surface area contributed by atoms with E-state index in [0.29, 0.717) is 4.90 Å². The molecule has 0 bridgehead atoms. The molecule has 0 saturated carbocycles. The van der Waals surface area contributed by atoms with Crippen molar-refractivity contribution < 1.29 is 13.2 Å². The van der Waals surface area contributed by atoms with Crippen LogP contribution in [0.2, 0.25) is 0 Å². The van der Waals surface area contributed by atoms with Gasteiger partial charge < -0.3 is 10.1 Å². The first-order valence-electron chi connectivity index (χ1n) is 5.73. The molecule has 1 aliphatic heterocycles. The Hall–Kier alpha value is -1.07. The number of nitrogens with one attached hydrogen (secondary N) is 1. The van der Waals surface area contributed by atoms with Gasteiger partial charge in [-0.25, -0.2) is 8.42 Å². The Morgan fingerprint density at radius 2 is 2.00 bits per heavy atom. The fraction of sp³-hybridized carbons (Fsp3) is 0.500. The first-order valence-corrected chi connectivity index (χ1v) is 7.62. The predicted molar refractivity (Wildman–Crippen MR) is 66.1 cm³/mol. The number of piperidine rings is 1. The third-order valence-electron chi connectivity index (χ3n) is 2.81. The van der Waals surface area contributed by atoms with Crippen LogP contribution in [-0.2, 0) is 9.84 Å². The van der Waals surface area contributed by atoms with E-state index in [4.69, 9.17) is 4.74 Å². The Morgan fingerprint density at radius 3 is 2.53 bits per heavy atom. The van der Waals surface area contributed by atoms with E-state index in [0.717, 1.165) is 31.7 Å². The Balaban J connectivity index is 2.03. The van der Waals surface area contributed by atoms with Crippen molar-refractivity contribution in [1.29, 1.82) is 0 Å².